The number of nitrogens with two attached hydrogens (primary N) is 1. The number of amides is 1. The number of carbonyl (C=O) groups excluding carboxylic acids is 1. The third kappa shape index (κ3) is 3.94. The molecule has 0 aliphatic carbocycles. The van der Waals surface area contributed by atoms with Crippen molar-refractivity contribution in [3.8, 4) is 5.75 Å². The summed E-state index contributed by atoms with van der Waals surface area (Å²) in [4.78, 5) is 11.2. The molecule has 0 saturated carbocycles. The number of nitrogens with one attached hydrogen (secondary N) is 1. The largest absolute Gasteiger partial charge is 0.496 e. The van der Waals surface area contributed by atoms with Gasteiger partial charge in [-0.3, -0.25) is 4.79 Å². The minimum Gasteiger partial charge on any atom is -0.496 e. The third-order valence-corrected chi connectivity index (χ3v) is 3.10. The third-order valence-electron chi connectivity index (χ3n) is 3.10. The molecule has 0 spiro atoms. The van der Waals surface area contributed by atoms with E-state index in [4.69, 9.17) is 10.5 Å². The number of aliphatic hydroxyl groups is 1. The second-order valence-electron chi connectivity index (χ2n) is 5.13. The molecule has 4 N–H and O–H groups in total. The zero-order valence-corrected chi connectivity index (χ0v) is 11.9. The van der Waals surface area contributed by atoms with Gasteiger partial charge in [-0.25, -0.2) is 0 Å². The van der Waals surface area contributed by atoms with Crippen molar-refractivity contribution in [2.24, 2.45) is 5.73 Å². The van der Waals surface area contributed by atoms with Gasteiger partial charge < -0.3 is 20.9 Å². The lowest BCUT2D eigenvalue weighted by molar-refractivity contribution is -0.123. The molecule has 0 fully saturated rings. The minimum atomic E-state index is -0.863. The molecule has 106 valence electrons. The first-order valence-corrected chi connectivity index (χ1v) is 6.15. The molecule has 1 amide bonds. The van der Waals surface area contributed by atoms with E-state index >= 15 is 0 Å². The monoisotopic (exact) mass is 266 g/mol. The Hall–Kier alpha value is -1.59. The van der Waals surface area contributed by atoms with Crippen molar-refractivity contribution in [2.75, 3.05) is 13.7 Å². The van der Waals surface area contributed by atoms with Crippen LogP contribution in [0.5, 0.6) is 5.75 Å². The van der Waals surface area contributed by atoms with Crippen molar-refractivity contribution < 1.29 is 14.6 Å². The molecule has 0 saturated heterocycles. The van der Waals surface area contributed by atoms with Crippen LogP contribution < -0.4 is 15.8 Å². The second kappa shape index (κ2) is 6.04. The molecule has 0 aliphatic rings. The van der Waals surface area contributed by atoms with E-state index in [-0.39, 0.29) is 6.54 Å². The summed E-state index contributed by atoms with van der Waals surface area (Å²) in [6.45, 7) is 5.51. The molecule has 0 aromatic heterocycles. The molecule has 19 heavy (non-hydrogen) atoms. The number of hydrogen-bond acceptors (Lipinski definition) is 4. The van der Waals surface area contributed by atoms with Crippen LogP contribution in [0.4, 0.5) is 0 Å². The van der Waals surface area contributed by atoms with Crippen molar-refractivity contribution in [1.29, 1.82) is 0 Å². The molecule has 0 radical (unpaired) electrons. The van der Waals surface area contributed by atoms with Crippen molar-refractivity contribution in [2.45, 2.75) is 32.4 Å². The van der Waals surface area contributed by atoms with Gasteiger partial charge >= 0.3 is 0 Å². The number of β-amino-alcohol motifs (C(OH)–C–C–N with tert-alkyl or cyclic N) is 1. The summed E-state index contributed by atoms with van der Waals surface area (Å²) in [6.07, 6.45) is -0.770. The number of rotatable bonds is 6. The predicted octanol–water partition coefficient (Wildman–Crippen LogP) is 0.891. The molecule has 5 heteroatoms. The maximum Gasteiger partial charge on any atom is 0.237 e. The average molecular weight is 266 g/mol. The van der Waals surface area contributed by atoms with Crippen molar-refractivity contribution in [3.05, 3.63) is 29.3 Å². The smallest absolute Gasteiger partial charge is 0.237 e. The number of ether oxygens (including phenoxy) is 1. The molecular weight excluding hydrogens is 244 g/mol. The van der Waals surface area contributed by atoms with E-state index in [1.165, 1.54) is 0 Å². The van der Waals surface area contributed by atoms with Gasteiger partial charge in [-0.2, -0.15) is 0 Å². The fourth-order valence-electron chi connectivity index (χ4n) is 1.66. The zero-order chi connectivity index (χ0) is 14.6. The zero-order valence-electron chi connectivity index (χ0n) is 11.9. The van der Waals surface area contributed by atoms with Gasteiger partial charge in [0.25, 0.3) is 0 Å². The van der Waals surface area contributed by atoms with E-state index < -0.39 is 17.6 Å². The lowest BCUT2D eigenvalue weighted by Crippen LogP contribution is -2.51. The van der Waals surface area contributed by atoms with Crippen LogP contribution in [0.2, 0.25) is 0 Å². The molecule has 1 aromatic carbocycles. The number of carbonyl (C=O) groups is 1. The lowest BCUT2D eigenvalue weighted by Gasteiger charge is -2.25. The summed E-state index contributed by atoms with van der Waals surface area (Å²) >= 11 is 0. The van der Waals surface area contributed by atoms with Crippen LogP contribution in [0, 0.1) is 6.92 Å². The Kier molecular flexibility index (Phi) is 4.91. The van der Waals surface area contributed by atoms with Crippen molar-refractivity contribution in [3.63, 3.8) is 0 Å². The number of hydrogen-bond donors (Lipinski definition) is 3. The summed E-state index contributed by atoms with van der Waals surface area (Å²) in [7, 11) is 1.56. The predicted molar refractivity (Wildman–Crippen MR) is 74.0 cm³/mol. The topological polar surface area (TPSA) is 84.6 Å². The summed E-state index contributed by atoms with van der Waals surface area (Å²) < 4.78 is 5.22. The number of benzene rings is 1. The van der Waals surface area contributed by atoms with E-state index in [0.29, 0.717) is 11.3 Å². The first-order valence-electron chi connectivity index (χ1n) is 6.15. The minimum absolute atomic E-state index is 0.218. The van der Waals surface area contributed by atoms with E-state index in [0.717, 1.165) is 5.56 Å². The Morgan fingerprint density at radius 3 is 2.68 bits per heavy atom. The van der Waals surface area contributed by atoms with Gasteiger partial charge in [0.05, 0.1) is 18.8 Å². The van der Waals surface area contributed by atoms with Crippen LogP contribution >= 0.6 is 0 Å². The highest BCUT2D eigenvalue weighted by atomic mass is 16.5. The number of aliphatic hydroxyl groups excluding tert-OH is 1. The van der Waals surface area contributed by atoms with Gasteiger partial charge in [0.2, 0.25) is 5.91 Å². The van der Waals surface area contributed by atoms with Gasteiger partial charge in [-0.15, -0.1) is 0 Å². The molecule has 1 atom stereocenters. The van der Waals surface area contributed by atoms with Crippen LogP contribution in [0.15, 0.2) is 18.2 Å². The van der Waals surface area contributed by atoms with Crippen LogP contribution in [0.3, 0.4) is 0 Å². The van der Waals surface area contributed by atoms with Crippen LogP contribution in [0.1, 0.15) is 31.1 Å². The van der Waals surface area contributed by atoms with Gasteiger partial charge in [0.15, 0.2) is 0 Å². The molecular formula is C14H22N2O3. The second-order valence-corrected chi connectivity index (χ2v) is 5.13. The van der Waals surface area contributed by atoms with E-state index in [1.807, 2.05) is 25.1 Å². The summed E-state index contributed by atoms with van der Waals surface area (Å²) in [5, 5.41) is 13.2. The van der Waals surface area contributed by atoms with Crippen molar-refractivity contribution in [1.82, 2.24) is 5.32 Å². The number of methoxy groups -OCH3 is 1. The Morgan fingerprint density at radius 2 is 2.16 bits per heavy atom. The fourth-order valence-corrected chi connectivity index (χ4v) is 1.66. The Balaban J connectivity index is 2.81. The summed E-state index contributed by atoms with van der Waals surface area (Å²) in [5.74, 6) is 0.160. The van der Waals surface area contributed by atoms with E-state index in [2.05, 4.69) is 5.32 Å². The number of aryl methyl sites for hydroxylation is 1. The molecule has 0 heterocycles. The lowest BCUT2D eigenvalue weighted by atomic mass is 10.0. The molecule has 0 aliphatic heterocycles. The van der Waals surface area contributed by atoms with Gasteiger partial charge in [0, 0.05) is 12.1 Å². The fraction of sp³-hybridized carbons (Fsp3) is 0.500. The van der Waals surface area contributed by atoms with E-state index in [9.17, 15) is 9.90 Å². The highest BCUT2D eigenvalue weighted by Gasteiger charge is 2.25. The van der Waals surface area contributed by atoms with Crippen LogP contribution in [0.25, 0.3) is 0 Å². The maximum atomic E-state index is 11.2. The Bertz CT molecular complexity index is 458. The standard InChI is InChI=1S/C14H22N2O3/c1-9-5-6-12(19-4)10(7-9)11(17)8-16-14(2,3)13(15)18/h5-7,11,16-17H,8H2,1-4H3,(H2,15,18). The Labute approximate surface area is 113 Å². The highest BCUT2D eigenvalue weighted by molar-refractivity contribution is 5.83. The molecule has 5 nitrogen and oxygen atoms in total. The summed E-state index contributed by atoms with van der Waals surface area (Å²) in [5.41, 5.74) is 6.13. The van der Waals surface area contributed by atoms with Crippen molar-refractivity contribution >= 4 is 5.91 Å². The first-order chi connectivity index (χ1) is 8.77. The SMILES string of the molecule is COc1ccc(C)cc1C(O)CNC(C)(C)C(N)=O. The number of primary amides is 1. The normalized spacial score (nSPS) is 13.1. The van der Waals surface area contributed by atoms with Crippen LogP contribution in [-0.2, 0) is 4.79 Å². The molecule has 1 aromatic rings. The molecule has 1 unspecified atom stereocenters. The molecule has 1 rings (SSSR count). The Morgan fingerprint density at radius 1 is 1.53 bits per heavy atom. The average Bonchev–Trinajstić information content (AvgIpc) is 2.35. The van der Waals surface area contributed by atoms with Crippen LogP contribution in [-0.4, -0.2) is 30.2 Å². The van der Waals surface area contributed by atoms with Gasteiger partial charge in [0.1, 0.15) is 5.75 Å². The molecule has 0 bridgehead atoms. The maximum absolute atomic E-state index is 11.2. The van der Waals surface area contributed by atoms with E-state index in [1.54, 1.807) is 21.0 Å². The quantitative estimate of drug-likeness (QED) is 0.714. The van der Waals surface area contributed by atoms with Gasteiger partial charge in [-0.05, 0) is 32.9 Å². The highest BCUT2D eigenvalue weighted by Crippen LogP contribution is 2.26. The first kappa shape index (κ1) is 15.5. The summed E-state index contributed by atoms with van der Waals surface area (Å²) in [6, 6.07) is 5.59. The van der Waals surface area contributed by atoms with Gasteiger partial charge in [-0.1, -0.05) is 11.6 Å².